The highest BCUT2D eigenvalue weighted by Gasteiger charge is 2.70. The summed E-state index contributed by atoms with van der Waals surface area (Å²) in [5.41, 5.74) is -0.674. The molecule has 57 heavy (non-hydrogen) atoms. The maximum atomic E-state index is 12.6. The first-order valence-corrected chi connectivity index (χ1v) is 20.4. The molecule has 324 valence electrons. The fourth-order valence-corrected chi connectivity index (χ4v) is 12.3. The zero-order chi connectivity index (χ0) is 41.1. The van der Waals surface area contributed by atoms with Gasteiger partial charge in [-0.2, -0.15) is 0 Å². The molecule has 4 aliphatic carbocycles. The third-order valence-electron chi connectivity index (χ3n) is 15.4. The predicted molar refractivity (Wildman–Crippen MR) is 189 cm³/mol. The molecule has 24 atom stereocenters. The van der Waals surface area contributed by atoms with Crippen LogP contribution in [0.5, 0.6) is 0 Å². The van der Waals surface area contributed by atoms with E-state index in [1.54, 1.807) is 6.92 Å². The van der Waals surface area contributed by atoms with E-state index in [-0.39, 0.29) is 28.8 Å². The van der Waals surface area contributed by atoms with Gasteiger partial charge in [0, 0.05) is 5.92 Å². The van der Waals surface area contributed by atoms with Crippen LogP contribution >= 0.6 is 0 Å². The summed E-state index contributed by atoms with van der Waals surface area (Å²) < 4.78 is 41.2. The first-order chi connectivity index (χ1) is 26.8. The average Bonchev–Trinajstić information content (AvgIpc) is 3.60. The number of hydrogen-bond acceptors (Lipinski definition) is 18. The Labute approximate surface area is 330 Å². The first kappa shape index (κ1) is 42.3. The molecule has 0 unspecified atom stereocenters. The fraction of sp³-hybridized carbons (Fsp3) is 0.923. The van der Waals surface area contributed by atoms with Gasteiger partial charge in [0.2, 0.25) is 0 Å². The molecule has 0 aromatic heterocycles. The summed E-state index contributed by atoms with van der Waals surface area (Å²) in [6, 6.07) is 0. The Bertz CT molecular complexity index is 1530. The molecule has 0 radical (unpaired) electrons. The number of ether oxygens (including phenoxy) is 7. The standard InChI is InChI=1S/C39H60O18/c1-14-22(41)23(42)26(45)33(51-14)55-29-21(13-40)53-35(30(28(29)47)56-34-27(46)24(43)25(44)32(48)57-34)52-16-7-9-37(2)15(11-16)5-6-17-18(37)8-10-38(3)19(17)12-20-31(38)39(4,50)36(49)54-20/h5,14,16-35,40-48,50H,6-13H2,1-4H3/t14-,16-,17+,18-,19-,20-,21+,22-,23+,24+,25+,26+,27+,28-,29+,30+,31-,32+,33-,34+,35+,37-,38-,39-/m0/s1. The van der Waals surface area contributed by atoms with Crippen molar-refractivity contribution in [3.8, 4) is 0 Å². The molecule has 0 spiro atoms. The van der Waals surface area contributed by atoms with Gasteiger partial charge in [-0.3, -0.25) is 0 Å². The Kier molecular flexibility index (Phi) is 11.3. The van der Waals surface area contributed by atoms with Gasteiger partial charge >= 0.3 is 5.97 Å². The Morgan fingerprint density at radius 3 is 2.12 bits per heavy atom. The van der Waals surface area contributed by atoms with E-state index < -0.39 is 117 Å². The van der Waals surface area contributed by atoms with Crippen molar-refractivity contribution in [3.05, 3.63) is 11.6 Å². The molecule has 10 N–H and O–H groups in total. The molecule has 0 bridgehead atoms. The Morgan fingerprint density at radius 1 is 0.754 bits per heavy atom. The third kappa shape index (κ3) is 6.74. The first-order valence-electron chi connectivity index (χ1n) is 20.4. The van der Waals surface area contributed by atoms with Crippen LogP contribution in [0.4, 0.5) is 0 Å². The minimum Gasteiger partial charge on any atom is -0.460 e. The lowest BCUT2D eigenvalue weighted by Gasteiger charge is -2.58. The van der Waals surface area contributed by atoms with Crippen LogP contribution in [0.2, 0.25) is 0 Å². The summed E-state index contributed by atoms with van der Waals surface area (Å²) in [6.45, 7) is 6.84. The number of aliphatic hydroxyl groups excluding tert-OH is 9. The maximum Gasteiger partial charge on any atom is 0.338 e. The monoisotopic (exact) mass is 816 g/mol. The summed E-state index contributed by atoms with van der Waals surface area (Å²) in [4.78, 5) is 12.6. The molecule has 8 rings (SSSR count). The molecule has 0 aromatic rings. The van der Waals surface area contributed by atoms with Crippen LogP contribution in [0.3, 0.4) is 0 Å². The number of esters is 1. The zero-order valence-electron chi connectivity index (χ0n) is 32.6. The molecule has 7 fully saturated rings. The number of carbonyl (C=O) groups is 1. The van der Waals surface area contributed by atoms with Crippen LogP contribution in [0.25, 0.3) is 0 Å². The number of carbonyl (C=O) groups excluding carboxylic acids is 1. The molecule has 4 heterocycles. The average molecular weight is 817 g/mol. The smallest absolute Gasteiger partial charge is 0.338 e. The second-order valence-corrected chi connectivity index (χ2v) is 18.6. The van der Waals surface area contributed by atoms with Crippen molar-refractivity contribution in [3.63, 3.8) is 0 Å². The lowest BCUT2D eigenvalue weighted by molar-refractivity contribution is -0.400. The van der Waals surface area contributed by atoms with Crippen LogP contribution in [0, 0.1) is 34.5 Å². The van der Waals surface area contributed by atoms with Crippen LogP contribution in [0.15, 0.2) is 11.6 Å². The molecule has 4 saturated heterocycles. The molecular formula is C39H60O18. The molecule has 4 aliphatic heterocycles. The summed E-state index contributed by atoms with van der Waals surface area (Å²) in [6.07, 6.45) is -17.7. The molecule has 18 nitrogen and oxygen atoms in total. The molecule has 8 aliphatic rings. The van der Waals surface area contributed by atoms with Gasteiger partial charge in [0.25, 0.3) is 0 Å². The van der Waals surface area contributed by atoms with Gasteiger partial charge in [0.1, 0.15) is 67.1 Å². The van der Waals surface area contributed by atoms with Gasteiger partial charge in [0.15, 0.2) is 30.8 Å². The number of hydrogen-bond donors (Lipinski definition) is 10. The second-order valence-electron chi connectivity index (χ2n) is 18.6. The van der Waals surface area contributed by atoms with Gasteiger partial charge in [0.05, 0.1) is 18.8 Å². The normalized spacial score (nSPS) is 57.5. The van der Waals surface area contributed by atoms with Crippen molar-refractivity contribution >= 4 is 5.97 Å². The lowest BCUT2D eigenvalue weighted by atomic mass is 9.47. The van der Waals surface area contributed by atoms with E-state index in [1.165, 1.54) is 12.5 Å². The zero-order valence-corrected chi connectivity index (χ0v) is 32.6. The third-order valence-corrected chi connectivity index (χ3v) is 15.4. The SMILES string of the molecule is C[C@@H]1O[C@@H](O[C@H]2[C@H](O)[C@@H](O[C@@H]3O[C@@H](O)[C@H](O)[C@@H](O)[C@H]3O)[C@H](O[C@H]3CC[C@@]4(C)C(=CC[C@H]5[C@@H]6C[C@@H]7OC(=O)[C@@](C)(O)[C@@H]7[C@@]6(C)CC[C@@H]54)C3)O[C@@H]2CO)[C@H](O)[C@H](O)[C@H]1O. The quantitative estimate of drug-likeness (QED) is 0.0953. The second kappa shape index (κ2) is 15.2. The highest BCUT2D eigenvalue weighted by Crippen LogP contribution is 2.69. The highest BCUT2D eigenvalue weighted by atomic mass is 16.8. The lowest BCUT2D eigenvalue weighted by Crippen LogP contribution is -2.66. The number of rotatable bonds is 7. The summed E-state index contributed by atoms with van der Waals surface area (Å²) in [5, 5.41) is 106. The van der Waals surface area contributed by atoms with E-state index in [1.807, 2.05) is 0 Å². The maximum absolute atomic E-state index is 12.6. The Hall–Kier alpha value is -1.43. The van der Waals surface area contributed by atoms with Crippen molar-refractivity contribution in [1.82, 2.24) is 0 Å². The molecule has 0 amide bonds. The number of allylic oxidation sites excluding steroid dienone is 1. The van der Waals surface area contributed by atoms with Crippen LogP contribution in [-0.2, 0) is 38.0 Å². The predicted octanol–water partition coefficient (Wildman–Crippen LogP) is -2.33. The van der Waals surface area contributed by atoms with Crippen LogP contribution in [-0.4, -0.2) is 174 Å². The van der Waals surface area contributed by atoms with Gasteiger partial charge in [-0.05, 0) is 87.4 Å². The minimum atomic E-state index is -1.96. The van der Waals surface area contributed by atoms with E-state index in [4.69, 9.17) is 33.2 Å². The molecule has 0 aromatic carbocycles. The highest BCUT2D eigenvalue weighted by molar-refractivity contribution is 5.82. The van der Waals surface area contributed by atoms with Crippen molar-refractivity contribution in [2.45, 2.75) is 183 Å². The van der Waals surface area contributed by atoms with Crippen LogP contribution in [0.1, 0.15) is 72.6 Å². The van der Waals surface area contributed by atoms with Crippen molar-refractivity contribution in [2.75, 3.05) is 6.61 Å². The van der Waals surface area contributed by atoms with Crippen molar-refractivity contribution < 1.29 is 89.0 Å². The number of fused-ring (bicyclic) bond motifs is 7. The van der Waals surface area contributed by atoms with Gasteiger partial charge in [-0.15, -0.1) is 0 Å². The minimum absolute atomic E-state index is 0.153. The van der Waals surface area contributed by atoms with E-state index >= 15 is 0 Å². The van der Waals surface area contributed by atoms with E-state index in [0.717, 1.165) is 32.1 Å². The fourth-order valence-electron chi connectivity index (χ4n) is 12.3. The largest absolute Gasteiger partial charge is 0.460 e. The Balaban J connectivity index is 1.01. The van der Waals surface area contributed by atoms with Crippen LogP contribution < -0.4 is 0 Å². The molecular weight excluding hydrogens is 756 g/mol. The number of aliphatic hydroxyl groups is 10. The summed E-state index contributed by atoms with van der Waals surface area (Å²) >= 11 is 0. The van der Waals surface area contributed by atoms with Gasteiger partial charge in [-0.25, -0.2) is 4.79 Å². The van der Waals surface area contributed by atoms with Crippen molar-refractivity contribution in [1.29, 1.82) is 0 Å². The Morgan fingerprint density at radius 2 is 1.42 bits per heavy atom. The van der Waals surface area contributed by atoms with Gasteiger partial charge in [-0.1, -0.05) is 25.5 Å². The van der Waals surface area contributed by atoms with E-state index in [2.05, 4.69) is 19.9 Å². The molecule has 18 heteroatoms. The molecule has 3 saturated carbocycles. The summed E-state index contributed by atoms with van der Waals surface area (Å²) in [7, 11) is 0. The van der Waals surface area contributed by atoms with Gasteiger partial charge < -0.3 is 84.2 Å². The topological polar surface area (TPSA) is 284 Å². The van der Waals surface area contributed by atoms with Crippen molar-refractivity contribution in [2.24, 2.45) is 34.5 Å². The van der Waals surface area contributed by atoms with E-state index in [9.17, 15) is 55.9 Å². The summed E-state index contributed by atoms with van der Waals surface area (Å²) in [5.74, 6) is 0.197. The van der Waals surface area contributed by atoms with E-state index in [0.29, 0.717) is 24.7 Å².